The van der Waals surface area contributed by atoms with Crippen LogP contribution in [0.2, 0.25) is 0 Å². The number of hydrogen-bond donors (Lipinski definition) is 4. The number of rotatable bonds is 82. The van der Waals surface area contributed by atoms with Crippen LogP contribution in [0.15, 0.2) is 0 Å². The van der Waals surface area contributed by atoms with Crippen molar-refractivity contribution in [2.24, 2.45) is 0 Å². The van der Waals surface area contributed by atoms with Crippen molar-refractivity contribution in [2.45, 2.75) is 196 Å². The predicted molar refractivity (Wildman–Crippen MR) is 517 cm³/mol. The molecule has 0 aromatic rings. The van der Waals surface area contributed by atoms with Gasteiger partial charge in [0.25, 0.3) is 0 Å². The molecule has 0 radical (unpaired) electrons. The average Bonchev–Trinajstić information content (AvgIpc) is 0.954. The second-order valence-electron chi connectivity index (χ2n) is 27.9. The van der Waals surface area contributed by atoms with Crippen molar-refractivity contribution in [2.75, 3.05) is 282 Å². The van der Waals surface area contributed by atoms with E-state index in [0.29, 0.717) is 124 Å². The molecule has 2 atom stereocenters. The Morgan fingerprint density at radius 1 is 0.259 bits per heavy atom. The lowest BCUT2D eigenvalue weighted by molar-refractivity contribution is -0.145. The average molecular weight is 1880 g/mol. The highest BCUT2D eigenvalue weighted by atomic mass is 33.1. The quantitative estimate of drug-likeness (QED) is 0.0191. The highest BCUT2D eigenvalue weighted by Crippen LogP contribution is 2.25. The highest BCUT2D eigenvalue weighted by Gasteiger charge is 2.18. The summed E-state index contributed by atoms with van der Waals surface area (Å²) >= 11 is 0. The Labute approximate surface area is 753 Å². The maximum Gasteiger partial charge on any atom is 0.307 e. The Morgan fingerprint density at radius 2 is 0.466 bits per heavy atom. The van der Waals surface area contributed by atoms with E-state index in [-0.39, 0.29) is 74.1 Å². The standard InChI is InChI=1S/C23H46N2O6S4.2C21H42N2O4S4.C15H34N2O2/c1-3-18-32-34-20-16-30-22(28)6-10-24(8-5-9-25(12-14-26)13-15-27)11-7-23(29)31-17-21-35-33-19-4-2;1-5-16-28-30-18-14-26-20(24)8-12-22(3)10-7-11-23(4)13-9-21(25)27-15-19-31-29-17-6-2;1-5-16-28-30-18-14-26-20(24)8-12-23(11-7-10-22(3)4)13-9-21(25)27-15-19-31-29-17-6-2;1-5-8-14(18)12-16(3)10-7-11-17(4)13-15(19)9-6-2/h26-27H,3-21H2,1-2H3;2*5-19H2,1-4H3;14-15,18-19H,5-13H2,1-4H3. The van der Waals surface area contributed by atoms with E-state index < -0.39 is 0 Å². The molecule has 116 heavy (non-hydrogen) atoms. The van der Waals surface area contributed by atoms with E-state index >= 15 is 0 Å². The molecule has 0 aromatic carbocycles. The van der Waals surface area contributed by atoms with Crippen LogP contribution in [-0.2, 0) is 57.2 Å². The number of carbonyl (C=O) groups is 6. The first kappa shape index (κ1) is 123. The van der Waals surface area contributed by atoms with Crippen molar-refractivity contribution in [3.63, 3.8) is 0 Å². The second-order valence-corrected chi connectivity index (χ2v) is 44.1. The van der Waals surface area contributed by atoms with Gasteiger partial charge in [0.05, 0.1) is 63.9 Å². The van der Waals surface area contributed by atoms with Gasteiger partial charge in [-0.3, -0.25) is 33.7 Å². The molecule has 0 saturated heterocycles. The largest absolute Gasteiger partial charge is 0.465 e. The minimum atomic E-state index is -0.220. The first-order valence-electron chi connectivity index (χ1n) is 42.6. The molecular weight excluding hydrogens is 1710 g/mol. The van der Waals surface area contributed by atoms with Crippen LogP contribution in [0.25, 0.3) is 0 Å². The summed E-state index contributed by atoms with van der Waals surface area (Å²) in [5.41, 5.74) is 0. The van der Waals surface area contributed by atoms with E-state index in [1.54, 1.807) is 86.4 Å². The summed E-state index contributed by atoms with van der Waals surface area (Å²) in [7, 11) is 33.6. The number of carbonyl (C=O) groups excluding carboxylic acids is 6. The summed E-state index contributed by atoms with van der Waals surface area (Å²) in [6.45, 7) is 33.3. The number of aliphatic hydroxyl groups is 4. The molecule has 0 bridgehead atoms. The summed E-state index contributed by atoms with van der Waals surface area (Å²) in [6.07, 6.45) is 16.4. The van der Waals surface area contributed by atoms with E-state index in [4.69, 9.17) is 28.4 Å². The number of aliphatic hydroxyl groups excluding tert-OH is 4. The SMILES string of the molecule is CCCC(O)CN(C)CCCN(C)CC(O)CCC.CCCSSCCOC(=O)CCN(C)CCCN(C)CCC(=O)OCCSSCCC.CCCSSCCOC(=O)CCN(CCCN(C)C)CCC(=O)OCCSSCCC.CCCSSCCOC(=O)CCN(CCCN(CCO)CCO)CCC(=O)OCCSSCCC. The van der Waals surface area contributed by atoms with Crippen molar-refractivity contribution in [3.8, 4) is 0 Å². The Hall–Kier alpha value is 0.540. The van der Waals surface area contributed by atoms with Crippen LogP contribution in [0.5, 0.6) is 0 Å². The molecule has 0 amide bonds. The van der Waals surface area contributed by atoms with Gasteiger partial charge in [-0.2, -0.15) is 0 Å². The molecule has 0 rings (SSSR count). The molecule has 0 fully saturated rings. The lowest BCUT2D eigenvalue weighted by Gasteiger charge is -2.24. The van der Waals surface area contributed by atoms with Gasteiger partial charge in [-0.1, -0.05) is 198 Å². The molecule has 0 saturated carbocycles. The minimum absolute atomic E-state index is 0.0475. The van der Waals surface area contributed by atoms with Crippen LogP contribution in [0, 0.1) is 0 Å². The molecule has 24 nitrogen and oxygen atoms in total. The topological polar surface area (TPSA) is 265 Å². The fourth-order valence-corrected chi connectivity index (χ4v) is 21.7. The molecule has 36 heteroatoms. The zero-order chi connectivity index (χ0) is 87.0. The Kier molecular flexibility index (Phi) is 103. The van der Waals surface area contributed by atoms with Crippen molar-refractivity contribution >= 4 is 165 Å². The fraction of sp³-hybridized carbons (Fsp3) is 0.925. The number of ether oxygens (including phenoxy) is 6. The third kappa shape index (κ3) is 98.3. The molecule has 692 valence electrons. The van der Waals surface area contributed by atoms with Crippen molar-refractivity contribution in [1.29, 1.82) is 0 Å². The zero-order valence-corrected chi connectivity index (χ0v) is 84.1. The van der Waals surface area contributed by atoms with E-state index in [9.17, 15) is 49.2 Å². The van der Waals surface area contributed by atoms with Crippen LogP contribution >= 0.6 is 130 Å². The first-order valence-corrected chi connectivity index (χ1v) is 57.5. The fourth-order valence-electron chi connectivity index (χ4n) is 9.95. The van der Waals surface area contributed by atoms with Gasteiger partial charge in [-0.15, -0.1) is 0 Å². The smallest absolute Gasteiger partial charge is 0.307 e. The summed E-state index contributed by atoms with van der Waals surface area (Å²) < 4.78 is 31.9. The van der Waals surface area contributed by atoms with Crippen LogP contribution in [0.3, 0.4) is 0 Å². The zero-order valence-electron chi connectivity index (χ0n) is 74.3. The Bertz CT molecular complexity index is 2040. The maximum atomic E-state index is 12.2. The Morgan fingerprint density at radius 3 is 0.690 bits per heavy atom. The molecule has 0 heterocycles. The van der Waals surface area contributed by atoms with Gasteiger partial charge in [-0.25, -0.2) is 0 Å². The van der Waals surface area contributed by atoms with Crippen LogP contribution in [0.1, 0.15) is 184 Å². The van der Waals surface area contributed by atoms with Gasteiger partial charge in [0.2, 0.25) is 0 Å². The summed E-state index contributed by atoms with van der Waals surface area (Å²) in [6, 6.07) is 0. The van der Waals surface area contributed by atoms with E-state index in [2.05, 4.69) is 104 Å². The third-order valence-electron chi connectivity index (χ3n) is 16.0. The molecule has 0 aliphatic rings. The third-order valence-corrected chi connectivity index (χ3v) is 31.5. The van der Waals surface area contributed by atoms with Crippen molar-refractivity contribution < 1.29 is 77.6 Å². The number of nitrogens with zero attached hydrogens (tertiary/aromatic N) is 8. The van der Waals surface area contributed by atoms with Gasteiger partial charge in [0.1, 0.15) is 39.6 Å². The lowest BCUT2D eigenvalue weighted by atomic mass is 10.2. The van der Waals surface area contributed by atoms with Gasteiger partial charge in [-0.05, 0) is 172 Å². The number of likely N-dealkylation sites (N-methyl/N-ethyl adjacent to an activating group) is 2. The van der Waals surface area contributed by atoms with E-state index in [1.807, 2.05) is 76.3 Å². The Balaban J connectivity index is -0.000000734. The van der Waals surface area contributed by atoms with Crippen LogP contribution in [-0.4, -0.2) is 390 Å². The number of esters is 6. The molecule has 0 spiro atoms. The summed E-state index contributed by atoms with van der Waals surface area (Å²) in [5, 5.41) is 37.8. The van der Waals surface area contributed by atoms with E-state index in [1.165, 1.54) is 12.8 Å². The van der Waals surface area contributed by atoms with E-state index in [0.717, 1.165) is 205 Å². The molecular formula is C80H164N8O16S12. The monoisotopic (exact) mass is 1880 g/mol. The van der Waals surface area contributed by atoms with Crippen LogP contribution in [0.4, 0.5) is 0 Å². The lowest BCUT2D eigenvalue weighted by Crippen LogP contribution is -2.35. The summed E-state index contributed by atoms with van der Waals surface area (Å²) in [5.74, 6) is 10.6. The van der Waals surface area contributed by atoms with Crippen molar-refractivity contribution in [1.82, 2.24) is 39.2 Å². The molecule has 0 aromatic heterocycles. The van der Waals surface area contributed by atoms with Gasteiger partial charge < -0.3 is 83.1 Å². The second kappa shape index (κ2) is 97.7. The molecule has 0 aliphatic heterocycles. The minimum Gasteiger partial charge on any atom is -0.465 e. The highest BCUT2D eigenvalue weighted by molar-refractivity contribution is 8.78. The van der Waals surface area contributed by atoms with Crippen molar-refractivity contribution in [3.05, 3.63) is 0 Å². The maximum absolute atomic E-state index is 12.2. The van der Waals surface area contributed by atoms with Gasteiger partial charge in [0.15, 0.2) is 0 Å². The first-order chi connectivity index (χ1) is 56.0. The van der Waals surface area contributed by atoms with Gasteiger partial charge in [0, 0.05) is 134 Å². The number of hydrogen-bond acceptors (Lipinski definition) is 36. The predicted octanol–water partition coefficient (Wildman–Crippen LogP) is 14.4. The molecule has 4 N–H and O–H groups in total. The summed E-state index contributed by atoms with van der Waals surface area (Å²) in [4.78, 5) is 89.1. The van der Waals surface area contributed by atoms with Gasteiger partial charge >= 0.3 is 35.8 Å². The molecule has 0 aliphatic carbocycles. The normalized spacial score (nSPS) is 11.9. The van der Waals surface area contributed by atoms with Crippen LogP contribution < -0.4 is 0 Å². The molecule has 2 unspecified atom stereocenters.